The summed E-state index contributed by atoms with van der Waals surface area (Å²) >= 11 is 12.9. The largest absolute Gasteiger partial charge is 0.293 e. The van der Waals surface area contributed by atoms with Gasteiger partial charge in [0.25, 0.3) is 0 Å². The predicted octanol–water partition coefficient (Wildman–Crippen LogP) is 5.73. The molecule has 2 atom stereocenters. The van der Waals surface area contributed by atoms with Gasteiger partial charge in [-0.1, -0.05) is 73.3 Å². The van der Waals surface area contributed by atoms with Gasteiger partial charge >= 0.3 is 0 Å². The fraction of sp³-hybridized carbons (Fsp3) is 0.188. The Morgan fingerprint density at radius 3 is 2.10 bits per heavy atom. The summed E-state index contributed by atoms with van der Waals surface area (Å²) in [6.45, 7) is 2.04. The first-order valence-corrected chi connectivity index (χ1v) is 8.34. The van der Waals surface area contributed by atoms with Crippen LogP contribution in [0.4, 0.5) is 0 Å². The van der Waals surface area contributed by atoms with E-state index in [1.165, 1.54) is 5.56 Å². The topological polar surface area (TPSA) is 17.1 Å². The summed E-state index contributed by atoms with van der Waals surface area (Å²) in [5.41, 5.74) is 2.91. The van der Waals surface area contributed by atoms with Crippen molar-refractivity contribution >= 4 is 49.2 Å². The Bertz CT molecular complexity index is 593. The SMILES string of the molecule is Cc1ccc([C@H](Br)[C@H](Br)C(=O)c2ccc(Cl)cc2)cc1. The smallest absolute Gasteiger partial charge is 0.177 e. The van der Waals surface area contributed by atoms with Gasteiger partial charge in [0.2, 0.25) is 0 Å². The Hall–Kier alpha value is -0.640. The summed E-state index contributed by atoms with van der Waals surface area (Å²) in [5, 5.41) is 0.626. The zero-order valence-electron chi connectivity index (χ0n) is 10.8. The first kappa shape index (κ1) is 15.7. The first-order valence-electron chi connectivity index (χ1n) is 6.13. The molecule has 0 saturated carbocycles. The lowest BCUT2D eigenvalue weighted by Crippen LogP contribution is -2.19. The van der Waals surface area contributed by atoms with Gasteiger partial charge in [0.05, 0.1) is 9.65 Å². The van der Waals surface area contributed by atoms with Crippen LogP contribution in [0.2, 0.25) is 5.02 Å². The fourth-order valence-corrected chi connectivity index (χ4v) is 3.07. The Morgan fingerprint density at radius 2 is 1.55 bits per heavy atom. The molecule has 0 N–H and O–H groups in total. The third kappa shape index (κ3) is 3.72. The molecule has 0 aliphatic carbocycles. The second-order valence-electron chi connectivity index (χ2n) is 4.59. The molecule has 0 spiro atoms. The molecule has 2 aromatic carbocycles. The van der Waals surface area contributed by atoms with Crippen LogP contribution in [0, 0.1) is 6.92 Å². The molecule has 0 aliphatic heterocycles. The van der Waals surface area contributed by atoms with Crippen molar-refractivity contribution in [1.82, 2.24) is 0 Å². The highest BCUT2D eigenvalue weighted by Crippen LogP contribution is 2.33. The molecule has 0 amide bonds. The van der Waals surface area contributed by atoms with Gasteiger partial charge in [-0.2, -0.15) is 0 Å². The lowest BCUT2D eigenvalue weighted by molar-refractivity contribution is 0.0991. The molecular formula is C16H13Br2ClO. The van der Waals surface area contributed by atoms with E-state index in [1.807, 2.05) is 31.2 Å². The number of ketones is 1. The molecule has 0 bridgehead atoms. The van der Waals surface area contributed by atoms with Crippen molar-refractivity contribution in [3.8, 4) is 0 Å². The highest BCUT2D eigenvalue weighted by Gasteiger charge is 2.25. The molecule has 2 aromatic rings. The normalized spacial score (nSPS) is 13.8. The molecule has 2 rings (SSSR count). The Morgan fingerprint density at radius 1 is 1.00 bits per heavy atom. The number of hydrogen-bond donors (Lipinski definition) is 0. The zero-order chi connectivity index (χ0) is 14.7. The quantitative estimate of drug-likeness (QED) is 0.459. The lowest BCUT2D eigenvalue weighted by atomic mass is 10.0. The molecule has 0 saturated heterocycles. The third-order valence-corrected chi connectivity index (χ3v) is 6.00. The summed E-state index contributed by atoms with van der Waals surface area (Å²) in [5.74, 6) is 0.0316. The van der Waals surface area contributed by atoms with Crippen molar-refractivity contribution in [3.05, 3.63) is 70.2 Å². The van der Waals surface area contributed by atoms with Crippen molar-refractivity contribution in [1.29, 1.82) is 0 Å². The molecule has 20 heavy (non-hydrogen) atoms. The second-order valence-corrected chi connectivity index (χ2v) is 6.99. The third-order valence-electron chi connectivity index (χ3n) is 3.03. The predicted molar refractivity (Wildman–Crippen MR) is 91.3 cm³/mol. The number of carbonyl (C=O) groups is 1. The molecular weight excluding hydrogens is 403 g/mol. The van der Waals surface area contributed by atoms with Gasteiger partial charge < -0.3 is 0 Å². The van der Waals surface area contributed by atoms with E-state index in [1.54, 1.807) is 24.3 Å². The van der Waals surface area contributed by atoms with Gasteiger partial charge in [-0.15, -0.1) is 0 Å². The van der Waals surface area contributed by atoms with E-state index in [4.69, 9.17) is 11.6 Å². The van der Waals surface area contributed by atoms with Gasteiger partial charge in [0, 0.05) is 10.6 Å². The van der Waals surface area contributed by atoms with Crippen LogP contribution >= 0.6 is 43.5 Å². The van der Waals surface area contributed by atoms with Gasteiger partial charge in [-0.25, -0.2) is 0 Å². The van der Waals surface area contributed by atoms with Crippen LogP contribution in [0.15, 0.2) is 48.5 Å². The molecule has 0 unspecified atom stereocenters. The highest BCUT2D eigenvalue weighted by atomic mass is 79.9. The molecule has 0 aromatic heterocycles. The van der Waals surface area contributed by atoms with Crippen LogP contribution in [0.5, 0.6) is 0 Å². The van der Waals surface area contributed by atoms with Crippen molar-refractivity contribution in [2.24, 2.45) is 0 Å². The van der Waals surface area contributed by atoms with E-state index in [2.05, 4.69) is 31.9 Å². The summed E-state index contributed by atoms with van der Waals surface area (Å²) < 4.78 is 0. The van der Waals surface area contributed by atoms with Crippen molar-refractivity contribution in [2.45, 2.75) is 16.6 Å². The number of hydrogen-bond acceptors (Lipinski definition) is 1. The average molecular weight is 417 g/mol. The van der Waals surface area contributed by atoms with E-state index in [9.17, 15) is 4.79 Å². The van der Waals surface area contributed by atoms with E-state index in [0.717, 1.165) is 5.56 Å². The lowest BCUT2D eigenvalue weighted by Gasteiger charge is -2.16. The van der Waals surface area contributed by atoms with Crippen LogP contribution < -0.4 is 0 Å². The van der Waals surface area contributed by atoms with Gasteiger partial charge in [0.15, 0.2) is 5.78 Å². The van der Waals surface area contributed by atoms with Crippen molar-refractivity contribution in [3.63, 3.8) is 0 Å². The fourth-order valence-electron chi connectivity index (χ4n) is 1.83. The standard InChI is InChI=1S/C16H13Br2ClO/c1-10-2-4-11(5-3-10)14(17)15(18)16(20)12-6-8-13(19)9-7-12/h2-9,14-15H,1H3/t14-,15-/m0/s1. The van der Waals surface area contributed by atoms with Gasteiger partial charge in [-0.3, -0.25) is 4.79 Å². The number of aryl methyl sites for hydroxylation is 1. The summed E-state index contributed by atoms with van der Waals surface area (Å²) in [7, 11) is 0. The maximum atomic E-state index is 12.4. The number of halogens is 3. The molecule has 4 heteroatoms. The number of alkyl halides is 2. The van der Waals surface area contributed by atoms with Crippen molar-refractivity contribution in [2.75, 3.05) is 0 Å². The van der Waals surface area contributed by atoms with E-state index in [0.29, 0.717) is 10.6 Å². The summed E-state index contributed by atoms with van der Waals surface area (Å²) in [4.78, 5) is 12.0. The van der Waals surface area contributed by atoms with E-state index in [-0.39, 0.29) is 15.4 Å². The zero-order valence-corrected chi connectivity index (χ0v) is 14.7. The number of carbonyl (C=O) groups excluding carboxylic acids is 1. The minimum atomic E-state index is -0.327. The summed E-state index contributed by atoms with van der Waals surface area (Å²) in [6, 6.07) is 15.1. The molecule has 0 radical (unpaired) electrons. The average Bonchev–Trinajstić information content (AvgIpc) is 2.46. The van der Waals surface area contributed by atoms with Crippen LogP contribution in [0.1, 0.15) is 26.3 Å². The first-order chi connectivity index (χ1) is 9.49. The molecule has 0 heterocycles. The van der Waals surface area contributed by atoms with Crippen LogP contribution in [0.25, 0.3) is 0 Å². The van der Waals surface area contributed by atoms with Crippen LogP contribution in [0.3, 0.4) is 0 Å². The Labute approximate surface area is 140 Å². The van der Waals surface area contributed by atoms with Crippen LogP contribution in [-0.2, 0) is 0 Å². The highest BCUT2D eigenvalue weighted by molar-refractivity contribution is 9.12. The second kappa shape index (κ2) is 6.88. The van der Waals surface area contributed by atoms with Gasteiger partial charge in [0.1, 0.15) is 0 Å². The number of rotatable bonds is 4. The van der Waals surface area contributed by atoms with E-state index >= 15 is 0 Å². The Balaban J connectivity index is 2.17. The number of benzene rings is 2. The molecule has 104 valence electrons. The Kier molecular flexibility index (Phi) is 5.42. The molecule has 0 aliphatic rings. The van der Waals surface area contributed by atoms with E-state index < -0.39 is 0 Å². The summed E-state index contributed by atoms with van der Waals surface area (Å²) in [6.07, 6.45) is 0. The maximum absolute atomic E-state index is 12.4. The maximum Gasteiger partial charge on any atom is 0.177 e. The van der Waals surface area contributed by atoms with Gasteiger partial charge in [-0.05, 0) is 36.8 Å². The van der Waals surface area contributed by atoms with Crippen molar-refractivity contribution < 1.29 is 4.79 Å². The van der Waals surface area contributed by atoms with Crippen LogP contribution in [-0.4, -0.2) is 10.6 Å². The minimum Gasteiger partial charge on any atom is -0.293 e. The molecule has 0 fully saturated rings. The number of Topliss-reactive ketones (excluding diaryl/α,β-unsaturated/α-hetero) is 1. The molecule has 1 nitrogen and oxygen atoms in total. The monoisotopic (exact) mass is 414 g/mol. The minimum absolute atomic E-state index is 0.0316.